The summed E-state index contributed by atoms with van der Waals surface area (Å²) in [6.45, 7) is 6.59. The summed E-state index contributed by atoms with van der Waals surface area (Å²) in [7, 11) is -1.83. The van der Waals surface area contributed by atoms with Crippen LogP contribution in [0.2, 0.25) is 0 Å². The fourth-order valence-electron chi connectivity index (χ4n) is 2.94. The summed E-state index contributed by atoms with van der Waals surface area (Å²) in [6.07, 6.45) is 3.54. The number of nitrogens with two attached hydrogens (primary N) is 1. The Bertz CT molecular complexity index is 385. The Kier molecular flexibility index (Phi) is 8.12. The molecule has 1 fully saturated rings. The molecular weight excluding hydrogens is 290 g/mol. The van der Waals surface area contributed by atoms with E-state index in [1.54, 1.807) is 15.7 Å². The molecule has 0 bridgehead atoms. The van der Waals surface area contributed by atoms with Crippen molar-refractivity contribution in [2.24, 2.45) is 11.7 Å². The lowest BCUT2D eigenvalue weighted by Gasteiger charge is -2.38. The predicted octanol–water partition coefficient (Wildman–Crippen LogP) is 1.04. The second kappa shape index (κ2) is 9.05. The third-order valence-corrected chi connectivity index (χ3v) is 6.36. The quantitative estimate of drug-likeness (QED) is 0.688. The van der Waals surface area contributed by atoms with E-state index in [0.29, 0.717) is 32.8 Å². The number of methoxy groups -OCH3 is 1. The van der Waals surface area contributed by atoms with E-state index < -0.39 is 10.2 Å². The Labute approximate surface area is 129 Å². The molecule has 0 aromatic rings. The molecule has 2 N–H and O–H groups in total. The Balaban J connectivity index is 2.91. The smallest absolute Gasteiger partial charge is 0.282 e. The lowest BCUT2D eigenvalue weighted by atomic mass is 10.0. The van der Waals surface area contributed by atoms with Gasteiger partial charge in [0, 0.05) is 32.8 Å². The first-order valence-electron chi connectivity index (χ1n) is 7.97. The molecule has 1 atom stereocenters. The molecular formula is C14H31N3O3S. The van der Waals surface area contributed by atoms with Crippen molar-refractivity contribution in [3.63, 3.8) is 0 Å². The van der Waals surface area contributed by atoms with Gasteiger partial charge in [0.25, 0.3) is 10.2 Å². The molecule has 1 saturated heterocycles. The van der Waals surface area contributed by atoms with Crippen LogP contribution in [-0.4, -0.2) is 63.0 Å². The normalized spacial score (nSPS) is 21.3. The molecule has 0 aliphatic carbocycles. The van der Waals surface area contributed by atoms with Gasteiger partial charge in [0.2, 0.25) is 0 Å². The zero-order valence-electron chi connectivity index (χ0n) is 13.6. The van der Waals surface area contributed by atoms with Crippen molar-refractivity contribution in [1.82, 2.24) is 8.61 Å². The van der Waals surface area contributed by atoms with E-state index in [2.05, 4.69) is 0 Å². The highest BCUT2D eigenvalue weighted by molar-refractivity contribution is 7.86. The molecule has 1 unspecified atom stereocenters. The van der Waals surface area contributed by atoms with Gasteiger partial charge in [-0.1, -0.05) is 13.8 Å². The van der Waals surface area contributed by atoms with Gasteiger partial charge < -0.3 is 10.5 Å². The molecule has 1 heterocycles. The Morgan fingerprint density at radius 2 is 2.05 bits per heavy atom. The molecule has 1 aliphatic rings. The van der Waals surface area contributed by atoms with Crippen molar-refractivity contribution in [3.05, 3.63) is 0 Å². The van der Waals surface area contributed by atoms with Crippen LogP contribution in [0.4, 0.5) is 0 Å². The molecule has 1 rings (SSSR count). The van der Waals surface area contributed by atoms with Crippen molar-refractivity contribution in [3.8, 4) is 0 Å². The number of rotatable bonds is 9. The third-order valence-electron chi connectivity index (χ3n) is 4.30. The summed E-state index contributed by atoms with van der Waals surface area (Å²) in [6, 6.07) is 0.0309. The summed E-state index contributed by atoms with van der Waals surface area (Å²) in [5.74, 6) is 0.277. The number of nitrogens with zero attached hydrogens (tertiary/aromatic N) is 2. The molecule has 0 saturated carbocycles. The lowest BCUT2D eigenvalue weighted by molar-refractivity contribution is 0.155. The van der Waals surface area contributed by atoms with E-state index in [-0.39, 0.29) is 12.0 Å². The first-order chi connectivity index (χ1) is 10.0. The van der Waals surface area contributed by atoms with E-state index in [4.69, 9.17) is 10.5 Å². The van der Waals surface area contributed by atoms with Crippen LogP contribution in [0.25, 0.3) is 0 Å². The average Bonchev–Trinajstić information content (AvgIpc) is 2.51. The summed E-state index contributed by atoms with van der Waals surface area (Å²) in [5.41, 5.74) is 5.72. The fourth-order valence-corrected chi connectivity index (χ4v) is 4.98. The molecule has 1 aliphatic heterocycles. The molecule has 0 spiro atoms. The monoisotopic (exact) mass is 321 g/mol. The highest BCUT2D eigenvalue weighted by atomic mass is 32.2. The van der Waals surface area contributed by atoms with E-state index >= 15 is 0 Å². The van der Waals surface area contributed by atoms with Gasteiger partial charge in [-0.3, -0.25) is 0 Å². The van der Waals surface area contributed by atoms with Crippen LogP contribution < -0.4 is 5.73 Å². The number of ether oxygens (including phenoxy) is 1. The van der Waals surface area contributed by atoms with Gasteiger partial charge >= 0.3 is 0 Å². The van der Waals surface area contributed by atoms with Gasteiger partial charge in [-0.15, -0.1) is 0 Å². The minimum Gasteiger partial charge on any atom is -0.383 e. The van der Waals surface area contributed by atoms with Crippen molar-refractivity contribution in [2.75, 3.05) is 39.9 Å². The number of hydrogen-bond acceptors (Lipinski definition) is 4. The highest BCUT2D eigenvalue weighted by Crippen LogP contribution is 2.23. The van der Waals surface area contributed by atoms with Gasteiger partial charge in [0.05, 0.1) is 6.61 Å². The molecule has 6 nitrogen and oxygen atoms in total. The van der Waals surface area contributed by atoms with Crippen molar-refractivity contribution < 1.29 is 13.2 Å². The topological polar surface area (TPSA) is 75.9 Å². The summed E-state index contributed by atoms with van der Waals surface area (Å²) in [5, 5.41) is 0. The van der Waals surface area contributed by atoms with Crippen molar-refractivity contribution in [2.45, 2.75) is 45.6 Å². The van der Waals surface area contributed by atoms with E-state index in [1.165, 1.54) is 0 Å². The minimum absolute atomic E-state index is 0.0309. The Hall–Kier alpha value is -0.210. The van der Waals surface area contributed by atoms with Crippen LogP contribution in [0.5, 0.6) is 0 Å². The Morgan fingerprint density at radius 3 is 2.57 bits per heavy atom. The maximum Gasteiger partial charge on any atom is 0.282 e. The van der Waals surface area contributed by atoms with E-state index in [0.717, 1.165) is 25.7 Å². The predicted molar refractivity (Wildman–Crippen MR) is 85.2 cm³/mol. The van der Waals surface area contributed by atoms with Crippen LogP contribution in [-0.2, 0) is 14.9 Å². The molecule has 0 radical (unpaired) electrons. The molecule has 7 heteroatoms. The first kappa shape index (κ1) is 18.8. The second-order valence-electron chi connectivity index (χ2n) is 5.68. The fraction of sp³-hybridized carbons (Fsp3) is 1.00. The standard InChI is InChI=1S/C14H31N3O3S/c1-4-14(5-2)17(9-10-20-3)21(18,19)16-8-6-7-13(11-15)12-16/h13-14H,4-12,15H2,1-3H3. The third kappa shape index (κ3) is 4.89. The molecule has 126 valence electrons. The molecule has 0 aromatic carbocycles. The summed E-state index contributed by atoms with van der Waals surface area (Å²) >= 11 is 0. The molecule has 0 amide bonds. The highest BCUT2D eigenvalue weighted by Gasteiger charge is 2.35. The molecule has 0 aromatic heterocycles. The van der Waals surface area contributed by atoms with Crippen LogP contribution in [0.3, 0.4) is 0 Å². The minimum atomic E-state index is -3.43. The van der Waals surface area contributed by atoms with Gasteiger partial charge in [-0.2, -0.15) is 17.0 Å². The summed E-state index contributed by atoms with van der Waals surface area (Å²) in [4.78, 5) is 0. The average molecular weight is 321 g/mol. The van der Waals surface area contributed by atoms with E-state index in [1.807, 2.05) is 13.8 Å². The summed E-state index contributed by atoms with van der Waals surface area (Å²) < 4.78 is 34.3. The van der Waals surface area contributed by atoms with Crippen molar-refractivity contribution in [1.29, 1.82) is 0 Å². The zero-order chi connectivity index (χ0) is 15.9. The molecule has 21 heavy (non-hydrogen) atoms. The largest absolute Gasteiger partial charge is 0.383 e. The lowest BCUT2D eigenvalue weighted by Crippen LogP contribution is -2.52. The van der Waals surface area contributed by atoms with Crippen LogP contribution in [0.1, 0.15) is 39.5 Å². The van der Waals surface area contributed by atoms with Crippen LogP contribution in [0, 0.1) is 5.92 Å². The van der Waals surface area contributed by atoms with Crippen LogP contribution in [0.15, 0.2) is 0 Å². The first-order valence-corrected chi connectivity index (χ1v) is 9.36. The number of hydrogen-bond donors (Lipinski definition) is 1. The maximum absolute atomic E-state index is 13.0. The van der Waals surface area contributed by atoms with Gasteiger partial charge in [0.1, 0.15) is 0 Å². The Morgan fingerprint density at radius 1 is 1.38 bits per heavy atom. The zero-order valence-corrected chi connectivity index (χ0v) is 14.4. The van der Waals surface area contributed by atoms with Gasteiger partial charge in [-0.25, -0.2) is 0 Å². The van der Waals surface area contributed by atoms with Crippen LogP contribution >= 0.6 is 0 Å². The SMILES string of the molecule is CCC(CC)N(CCOC)S(=O)(=O)N1CCCC(CN)C1. The number of piperidine rings is 1. The second-order valence-corrected chi connectivity index (χ2v) is 7.56. The maximum atomic E-state index is 13.0. The van der Waals surface area contributed by atoms with Gasteiger partial charge in [0.15, 0.2) is 0 Å². The van der Waals surface area contributed by atoms with Gasteiger partial charge in [-0.05, 0) is 38.1 Å². The van der Waals surface area contributed by atoms with Crippen molar-refractivity contribution >= 4 is 10.2 Å². The van der Waals surface area contributed by atoms with E-state index in [9.17, 15) is 8.42 Å².